The first kappa shape index (κ1) is 12.7. The van der Waals surface area contributed by atoms with Crippen LogP contribution in [0.4, 0.5) is 5.69 Å². The number of rotatable bonds is 2. The van der Waals surface area contributed by atoms with Crippen molar-refractivity contribution < 1.29 is 10.2 Å². The Morgan fingerprint density at radius 1 is 0.750 bits per heavy atom. The van der Waals surface area contributed by atoms with E-state index in [9.17, 15) is 10.2 Å². The van der Waals surface area contributed by atoms with Crippen LogP contribution in [0.5, 0.6) is 11.5 Å². The van der Waals surface area contributed by atoms with Crippen molar-refractivity contribution in [3.63, 3.8) is 0 Å². The highest BCUT2D eigenvalue weighted by atomic mass is 32.2. The zero-order chi connectivity index (χ0) is 14.1. The van der Waals surface area contributed by atoms with Gasteiger partial charge >= 0.3 is 0 Å². The molecule has 3 rings (SSSR count). The molecule has 0 fully saturated rings. The minimum absolute atomic E-state index is 0.0110. The van der Waals surface area contributed by atoms with Crippen LogP contribution in [0.3, 0.4) is 0 Å². The summed E-state index contributed by atoms with van der Waals surface area (Å²) in [6, 6.07) is 16.7. The monoisotopic (exact) mass is 283 g/mol. The van der Waals surface area contributed by atoms with E-state index in [0.717, 1.165) is 4.90 Å². The van der Waals surface area contributed by atoms with Gasteiger partial charge in [-0.1, -0.05) is 54.2 Å². The standard InChI is InChI=1S/C16H13NO2S/c17-13-14(18)11-8-4-5-9-12(11)15(19)16(13)20-10-6-2-1-3-7-10/h1-9,18-19H,17H2. The first-order valence-electron chi connectivity index (χ1n) is 6.13. The van der Waals surface area contributed by atoms with Crippen LogP contribution in [-0.2, 0) is 0 Å². The third-order valence-corrected chi connectivity index (χ3v) is 4.24. The molecule has 0 amide bonds. The van der Waals surface area contributed by atoms with Crippen molar-refractivity contribution in [3.05, 3.63) is 54.6 Å². The first-order chi connectivity index (χ1) is 9.68. The van der Waals surface area contributed by atoms with Crippen LogP contribution in [0.25, 0.3) is 10.8 Å². The summed E-state index contributed by atoms with van der Waals surface area (Å²) < 4.78 is 0. The second-order valence-corrected chi connectivity index (χ2v) is 5.48. The van der Waals surface area contributed by atoms with E-state index in [1.54, 1.807) is 18.2 Å². The topological polar surface area (TPSA) is 66.5 Å². The summed E-state index contributed by atoms with van der Waals surface area (Å²) in [5, 5.41) is 21.7. The molecule has 0 atom stereocenters. The van der Waals surface area contributed by atoms with Gasteiger partial charge in [0.15, 0.2) is 0 Å². The number of anilines is 1. The van der Waals surface area contributed by atoms with Crippen LogP contribution in [0, 0.1) is 0 Å². The number of hydrogen-bond donors (Lipinski definition) is 3. The van der Waals surface area contributed by atoms with Gasteiger partial charge < -0.3 is 15.9 Å². The van der Waals surface area contributed by atoms with Gasteiger partial charge in [-0.15, -0.1) is 0 Å². The maximum Gasteiger partial charge on any atom is 0.147 e. The van der Waals surface area contributed by atoms with E-state index < -0.39 is 0 Å². The summed E-state index contributed by atoms with van der Waals surface area (Å²) in [6.07, 6.45) is 0. The molecule has 0 bridgehead atoms. The molecule has 3 nitrogen and oxygen atoms in total. The third kappa shape index (κ3) is 2.04. The highest BCUT2D eigenvalue weighted by Gasteiger charge is 2.17. The highest BCUT2D eigenvalue weighted by Crippen LogP contribution is 2.48. The van der Waals surface area contributed by atoms with E-state index in [-0.39, 0.29) is 17.2 Å². The summed E-state index contributed by atoms with van der Waals surface area (Å²) in [6.45, 7) is 0. The Labute approximate surface area is 120 Å². The predicted octanol–water partition coefficient (Wildman–Crippen LogP) is 3.98. The summed E-state index contributed by atoms with van der Waals surface area (Å²) >= 11 is 1.33. The van der Waals surface area contributed by atoms with Gasteiger partial charge in [-0.2, -0.15) is 0 Å². The second kappa shape index (κ2) is 4.98. The molecule has 0 aromatic heterocycles. The van der Waals surface area contributed by atoms with Crippen LogP contribution in [0.1, 0.15) is 0 Å². The summed E-state index contributed by atoms with van der Waals surface area (Å²) in [7, 11) is 0. The maximum absolute atomic E-state index is 10.4. The number of nitrogens with two attached hydrogens (primary N) is 1. The van der Waals surface area contributed by atoms with Gasteiger partial charge in [0.05, 0.1) is 10.6 Å². The van der Waals surface area contributed by atoms with E-state index in [2.05, 4.69) is 0 Å². The lowest BCUT2D eigenvalue weighted by molar-refractivity contribution is 0.460. The van der Waals surface area contributed by atoms with Crippen molar-refractivity contribution in [1.82, 2.24) is 0 Å². The van der Waals surface area contributed by atoms with E-state index in [0.29, 0.717) is 15.7 Å². The van der Waals surface area contributed by atoms with Crippen molar-refractivity contribution >= 4 is 28.2 Å². The molecule has 3 aromatic rings. The molecule has 100 valence electrons. The van der Waals surface area contributed by atoms with Gasteiger partial charge in [-0.3, -0.25) is 0 Å². The molecule has 0 aliphatic carbocycles. The van der Waals surface area contributed by atoms with Gasteiger partial charge in [0.25, 0.3) is 0 Å². The quantitative estimate of drug-likeness (QED) is 0.378. The van der Waals surface area contributed by atoms with Crippen LogP contribution >= 0.6 is 11.8 Å². The van der Waals surface area contributed by atoms with E-state index in [1.165, 1.54) is 11.8 Å². The van der Waals surface area contributed by atoms with Gasteiger partial charge in [0.1, 0.15) is 11.5 Å². The molecule has 0 radical (unpaired) electrons. The smallest absolute Gasteiger partial charge is 0.147 e. The lowest BCUT2D eigenvalue weighted by atomic mass is 10.1. The Kier molecular flexibility index (Phi) is 3.16. The predicted molar refractivity (Wildman–Crippen MR) is 82.3 cm³/mol. The van der Waals surface area contributed by atoms with Gasteiger partial charge in [0.2, 0.25) is 0 Å². The lowest BCUT2D eigenvalue weighted by Crippen LogP contribution is -1.92. The zero-order valence-electron chi connectivity index (χ0n) is 10.6. The Morgan fingerprint density at radius 3 is 1.95 bits per heavy atom. The van der Waals surface area contributed by atoms with E-state index in [4.69, 9.17) is 5.73 Å². The fourth-order valence-corrected chi connectivity index (χ4v) is 3.05. The molecule has 3 aromatic carbocycles. The molecule has 0 saturated heterocycles. The third-order valence-electron chi connectivity index (χ3n) is 3.12. The number of hydrogen-bond acceptors (Lipinski definition) is 4. The summed E-state index contributed by atoms with van der Waals surface area (Å²) in [5.41, 5.74) is 6.17. The second-order valence-electron chi connectivity index (χ2n) is 4.40. The summed E-state index contributed by atoms with van der Waals surface area (Å²) in [4.78, 5) is 1.43. The van der Waals surface area contributed by atoms with Gasteiger partial charge in [-0.25, -0.2) is 0 Å². The Bertz CT molecular complexity index is 772. The average molecular weight is 283 g/mol. The number of nitrogen functional groups attached to an aromatic ring is 1. The molecule has 4 N–H and O–H groups in total. The van der Waals surface area contributed by atoms with Crippen LogP contribution in [-0.4, -0.2) is 10.2 Å². The largest absolute Gasteiger partial charge is 0.506 e. The van der Waals surface area contributed by atoms with Crippen molar-refractivity contribution in [3.8, 4) is 11.5 Å². The normalized spacial score (nSPS) is 10.8. The van der Waals surface area contributed by atoms with E-state index >= 15 is 0 Å². The number of benzene rings is 3. The van der Waals surface area contributed by atoms with Crippen molar-refractivity contribution in [2.45, 2.75) is 9.79 Å². The highest BCUT2D eigenvalue weighted by molar-refractivity contribution is 7.99. The Hall–Kier alpha value is -2.33. The van der Waals surface area contributed by atoms with Crippen LogP contribution in [0.15, 0.2) is 64.4 Å². The van der Waals surface area contributed by atoms with Crippen LogP contribution in [0.2, 0.25) is 0 Å². The van der Waals surface area contributed by atoms with Crippen molar-refractivity contribution in [2.24, 2.45) is 0 Å². The summed E-state index contributed by atoms with van der Waals surface area (Å²) in [5.74, 6) is 0.113. The van der Waals surface area contributed by atoms with Crippen molar-refractivity contribution in [1.29, 1.82) is 0 Å². The molecule has 0 saturated carbocycles. The minimum atomic E-state index is 0.0110. The lowest BCUT2D eigenvalue weighted by Gasteiger charge is -2.13. The fourth-order valence-electron chi connectivity index (χ4n) is 2.11. The van der Waals surface area contributed by atoms with Crippen molar-refractivity contribution in [2.75, 3.05) is 5.73 Å². The fraction of sp³-hybridized carbons (Fsp3) is 0. The SMILES string of the molecule is Nc1c(Sc2ccccc2)c(O)c2ccccc2c1O. The zero-order valence-corrected chi connectivity index (χ0v) is 11.4. The first-order valence-corrected chi connectivity index (χ1v) is 6.95. The number of phenolic OH excluding ortho intramolecular Hbond substituents is 2. The maximum atomic E-state index is 10.4. The van der Waals surface area contributed by atoms with E-state index in [1.807, 2.05) is 36.4 Å². The molecule has 4 heteroatoms. The number of phenols is 2. The van der Waals surface area contributed by atoms with Gasteiger partial charge in [-0.05, 0) is 12.1 Å². The molecule has 20 heavy (non-hydrogen) atoms. The van der Waals surface area contributed by atoms with Gasteiger partial charge in [0, 0.05) is 15.7 Å². The minimum Gasteiger partial charge on any atom is -0.506 e. The molecule has 0 spiro atoms. The molecular weight excluding hydrogens is 270 g/mol. The Balaban J connectivity index is 2.21. The molecule has 0 heterocycles. The average Bonchev–Trinajstić information content (AvgIpc) is 2.50. The number of fused-ring (bicyclic) bond motifs is 1. The Morgan fingerprint density at radius 2 is 1.30 bits per heavy atom. The van der Waals surface area contributed by atoms with Crippen LogP contribution < -0.4 is 5.73 Å². The molecule has 0 aliphatic rings. The molecule has 0 unspecified atom stereocenters. The molecule has 0 aliphatic heterocycles. The number of aromatic hydroxyl groups is 2. The molecular formula is C16H13NO2S.